The van der Waals surface area contributed by atoms with Gasteiger partial charge in [0.15, 0.2) is 11.2 Å². The molecule has 1 aliphatic rings. The summed E-state index contributed by atoms with van der Waals surface area (Å²) in [4.78, 5) is 75.8. The number of aliphatic hydroxyl groups is 2. The van der Waals surface area contributed by atoms with Crippen LogP contribution in [0.4, 0.5) is 10.1 Å². The summed E-state index contributed by atoms with van der Waals surface area (Å²) in [6.45, 7) is 5.31. The third-order valence-corrected chi connectivity index (χ3v) is 7.57. The topological polar surface area (TPSA) is 341 Å². The molecular formula is C33H41ClFN3O17. The van der Waals surface area contributed by atoms with Crippen LogP contribution >= 0.6 is 11.6 Å². The van der Waals surface area contributed by atoms with E-state index in [0.29, 0.717) is 54.9 Å². The Bertz CT molecular complexity index is 1610. The number of carboxylic acids is 6. The fourth-order valence-corrected chi connectivity index (χ4v) is 4.81. The molecule has 1 unspecified atom stereocenters. The third kappa shape index (κ3) is 16.9. The number of halogens is 2. The van der Waals surface area contributed by atoms with Crippen LogP contribution in [0, 0.1) is 5.82 Å². The molecule has 1 amide bonds. The van der Waals surface area contributed by atoms with E-state index in [9.17, 15) is 38.0 Å². The lowest BCUT2D eigenvalue weighted by Crippen LogP contribution is -2.47. The minimum absolute atomic E-state index is 0.145. The van der Waals surface area contributed by atoms with Gasteiger partial charge in [-0.05, 0) is 30.7 Å². The monoisotopic (exact) mass is 805 g/mol. The van der Waals surface area contributed by atoms with Crippen LogP contribution in [0.15, 0.2) is 36.4 Å². The van der Waals surface area contributed by atoms with Gasteiger partial charge in [0.1, 0.15) is 11.6 Å². The van der Waals surface area contributed by atoms with Gasteiger partial charge < -0.3 is 61.4 Å². The van der Waals surface area contributed by atoms with E-state index in [2.05, 4.69) is 10.2 Å². The Morgan fingerprint density at radius 1 is 0.873 bits per heavy atom. The number of carboxylic acid groups (broad SMARTS) is 6. The second kappa shape index (κ2) is 21.9. The molecule has 11 N–H and O–H groups in total. The fraction of sp³-hybridized carbons (Fsp3) is 0.424. The van der Waals surface area contributed by atoms with E-state index in [-0.39, 0.29) is 17.8 Å². The number of nitrogens with two attached hydrogens (primary N) is 1. The number of benzene rings is 2. The second-order valence-electron chi connectivity index (χ2n) is 11.8. The van der Waals surface area contributed by atoms with Crippen LogP contribution in [-0.4, -0.2) is 138 Å². The lowest BCUT2D eigenvalue weighted by atomic mass is 9.96. The van der Waals surface area contributed by atoms with Crippen molar-refractivity contribution in [2.45, 2.75) is 56.5 Å². The number of nitrogens with zero attached hydrogens (tertiary/aromatic N) is 1. The molecule has 2 aromatic carbocycles. The van der Waals surface area contributed by atoms with Crippen LogP contribution in [0.1, 0.15) is 48.5 Å². The summed E-state index contributed by atoms with van der Waals surface area (Å²) in [5.41, 5.74) is 2.06. The van der Waals surface area contributed by atoms with Gasteiger partial charge in [-0.3, -0.25) is 28.9 Å². The molecule has 0 saturated carbocycles. The highest BCUT2D eigenvalue weighted by Crippen LogP contribution is 2.29. The molecule has 22 heteroatoms. The average Bonchev–Trinajstić information content (AvgIpc) is 3.05. The predicted octanol–water partition coefficient (Wildman–Crippen LogP) is 0.594. The van der Waals surface area contributed by atoms with Gasteiger partial charge in [0.2, 0.25) is 0 Å². The zero-order valence-electron chi connectivity index (χ0n) is 29.1. The number of anilines is 1. The maximum absolute atomic E-state index is 13.1. The second-order valence-corrected chi connectivity index (χ2v) is 12.2. The SMILES string of the molecule is CCOc1cc(N)c(Cl)cc1C(=O)NCC1CN(Cc2ccc(F)cc2)CCO1.O=C(O)CC(O)(CC(=O)O)C(=O)O.O=C(O)CC(O)(CC(=O)O)C(=O)O. The van der Waals surface area contributed by atoms with Crippen molar-refractivity contribution in [1.82, 2.24) is 10.2 Å². The number of hydrogen-bond acceptors (Lipinski definition) is 13. The van der Waals surface area contributed by atoms with E-state index in [1.807, 2.05) is 6.92 Å². The van der Waals surface area contributed by atoms with Crippen molar-refractivity contribution in [3.63, 3.8) is 0 Å². The van der Waals surface area contributed by atoms with Crippen molar-refractivity contribution < 1.29 is 88.3 Å². The van der Waals surface area contributed by atoms with E-state index in [1.165, 1.54) is 18.2 Å². The molecule has 0 spiro atoms. The number of aliphatic carboxylic acids is 6. The highest BCUT2D eigenvalue weighted by atomic mass is 35.5. The summed E-state index contributed by atoms with van der Waals surface area (Å²) < 4.78 is 24.4. The van der Waals surface area contributed by atoms with Crippen LogP contribution in [-0.2, 0) is 40.0 Å². The Morgan fingerprint density at radius 3 is 1.76 bits per heavy atom. The first-order valence-electron chi connectivity index (χ1n) is 15.9. The number of morpholine rings is 1. The molecule has 0 bridgehead atoms. The smallest absolute Gasteiger partial charge is 0.336 e. The van der Waals surface area contributed by atoms with Crippen molar-refractivity contribution in [2.75, 3.05) is 38.6 Å². The van der Waals surface area contributed by atoms with E-state index < -0.39 is 72.7 Å². The Morgan fingerprint density at radius 2 is 1.35 bits per heavy atom. The first-order chi connectivity index (χ1) is 25.5. The maximum atomic E-state index is 13.1. The van der Waals surface area contributed by atoms with Crippen molar-refractivity contribution in [2.24, 2.45) is 0 Å². The quantitative estimate of drug-likeness (QED) is 0.0978. The number of hydrogen-bond donors (Lipinski definition) is 10. The molecule has 1 fully saturated rings. The Balaban J connectivity index is 0.000000485. The minimum atomic E-state index is -2.74. The van der Waals surface area contributed by atoms with Crippen LogP contribution in [0.2, 0.25) is 5.02 Å². The molecule has 20 nitrogen and oxygen atoms in total. The molecule has 1 saturated heterocycles. The molecule has 304 valence electrons. The highest BCUT2D eigenvalue weighted by Gasteiger charge is 2.41. The molecular weight excluding hydrogens is 765 g/mol. The van der Waals surface area contributed by atoms with Gasteiger partial charge in [0.05, 0.1) is 61.3 Å². The summed E-state index contributed by atoms with van der Waals surface area (Å²) in [6, 6.07) is 9.55. The lowest BCUT2D eigenvalue weighted by Gasteiger charge is -2.33. The van der Waals surface area contributed by atoms with Gasteiger partial charge in [0, 0.05) is 32.2 Å². The molecule has 1 atom stereocenters. The van der Waals surface area contributed by atoms with Crippen molar-refractivity contribution >= 4 is 59.0 Å². The van der Waals surface area contributed by atoms with Gasteiger partial charge >= 0.3 is 35.8 Å². The predicted molar refractivity (Wildman–Crippen MR) is 185 cm³/mol. The van der Waals surface area contributed by atoms with Crippen LogP contribution < -0.4 is 15.8 Å². The van der Waals surface area contributed by atoms with Gasteiger partial charge in [-0.2, -0.15) is 0 Å². The van der Waals surface area contributed by atoms with Crippen LogP contribution in [0.25, 0.3) is 0 Å². The van der Waals surface area contributed by atoms with Gasteiger partial charge in [-0.25, -0.2) is 14.0 Å². The van der Waals surface area contributed by atoms with Gasteiger partial charge in [0.25, 0.3) is 5.91 Å². The average molecular weight is 806 g/mol. The number of ether oxygens (including phenoxy) is 2. The van der Waals surface area contributed by atoms with E-state index in [0.717, 1.165) is 12.1 Å². The van der Waals surface area contributed by atoms with Crippen molar-refractivity contribution in [1.29, 1.82) is 0 Å². The Labute approximate surface area is 316 Å². The number of carbonyl (C=O) groups is 7. The first-order valence-corrected chi connectivity index (χ1v) is 16.3. The summed E-state index contributed by atoms with van der Waals surface area (Å²) in [7, 11) is 0. The standard InChI is InChI=1S/C21H25ClFN3O3.2C6H8O7/c1-2-28-20-10-19(24)18(22)9-17(20)21(27)25-11-16-13-26(7-8-29-16)12-14-3-5-15(23)6-4-14;2*7-3(8)1-6(13,5(11)12)2-4(9)10/h3-6,9-10,16H,2,7-8,11-13,24H2,1H3,(H,25,27);2*13H,1-2H2,(H,7,8)(H,9,10)(H,11,12). The molecule has 3 rings (SSSR count). The zero-order chi connectivity index (χ0) is 42.1. The van der Waals surface area contributed by atoms with Gasteiger partial charge in [-0.1, -0.05) is 23.7 Å². The fourth-order valence-electron chi connectivity index (χ4n) is 4.65. The number of nitrogens with one attached hydrogen (secondary N) is 1. The van der Waals surface area contributed by atoms with Gasteiger partial charge in [-0.15, -0.1) is 0 Å². The summed E-state index contributed by atoms with van der Waals surface area (Å²) in [5.74, 6) is -10.2. The molecule has 2 aromatic rings. The van der Waals surface area contributed by atoms with Crippen molar-refractivity contribution in [3.05, 3.63) is 58.4 Å². The maximum Gasteiger partial charge on any atom is 0.336 e. The van der Waals surface area contributed by atoms with E-state index in [1.54, 1.807) is 18.2 Å². The third-order valence-electron chi connectivity index (χ3n) is 7.25. The largest absolute Gasteiger partial charge is 0.493 e. The number of carbonyl (C=O) groups excluding carboxylic acids is 1. The zero-order valence-corrected chi connectivity index (χ0v) is 29.9. The number of rotatable bonds is 17. The Hall–Kier alpha value is -5.61. The number of nitrogen functional groups attached to an aromatic ring is 1. The molecule has 0 aliphatic carbocycles. The van der Waals surface area contributed by atoms with E-state index >= 15 is 0 Å². The Kier molecular flexibility index (Phi) is 18.9. The number of amides is 1. The van der Waals surface area contributed by atoms with Crippen molar-refractivity contribution in [3.8, 4) is 5.75 Å². The molecule has 0 aromatic heterocycles. The van der Waals surface area contributed by atoms with Crippen LogP contribution in [0.3, 0.4) is 0 Å². The lowest BCUT2D eigenvalue weighted by molar-refractivity contribution is -0.170. The summed E-state index contributed by atoms with van der Waals surface area (Å²) in [5, 5.41) is 70.8. The van der Waals surface area contributed by atoms with E-state index in [4.69, 9.17) is 67.7 Å². The summed E-state index contributed by atoms with van der Waals surface area (Å²) >= 11 is 6.07. The molecule has 0 radical (unpaired) electrons. The summed E-state index contributed by atoms with van der Waals surface area (Å²) in [6.07, 6.45) is -4.72. The molecule has 1 aliphatic heterocycles. The molecule has 1 heterocycles. The highest BCUT2D eigenvalue weighted by molar-refractivity contribution is 6.33. The van der Waals surface area contributed by atoms with Crippen LogP contribution in [0.5, 0.6) is 5.75 Å². The normalized spacial score (nSPS) is 14.2. The minimum Gasteiger partial charge on any atom is -0.493 e. The molecule has 55 heavy (non-hydrogen) atoms. The first kappa shape index (κ1) is 47.4.